The molecule has 176 valence electrons. The average molecular weight is 444 g/mol. The lowest BCUT2D eigenvalue weighted by molar-refractivity contribution is -0.0610. The number of pyridine rings is 1. The molecule has 3 fully saturated rings. The summed E-state index contributed by atoms with van der Waals surface area (Å²) in [5.74, 6) is 3.31. The monoisotopic (exact) mass is 443 g/mol. The molecular weight excluding hydrogens is 402 g/mol. The molecule has 0 amide bonds. The molecule has 2 heteroatoms. The molecule has 0 bridgehead atoms. The molecule has 33 heavy (non-hydrogen) atoms. The van der Waals surface area contributed by atoms with Crippen LogP contribution in [0, 0.1) is 28.6 Å². The molecule has 0 N–H and O–H groups in total. The third-order valence-corrected chi connectivity index (χ3v) is 10.6. The number of benzene rings is 1. The zero-order valence-electron chi connectivity index (χ0n) is 21.0. The zero-order chi connectivity index (χ0) is 22.8. The Kier molecular flexibility index (Phi) is 5.25. The molecule has 3 saturated carbocycles. The van der Waals surface area contributed by atoms with Gasteiger partial charge >= 0.3 is 0 Å². The lowest BCUT2D eigenvalue weighted by atomic mass is 9.47. The predicted octanol–water partition coefficient (Wildman–Crippen LogP) is 8.07. The molecule has 1 aromatic carbocycles. The van der Waals surface area contributed by atoms with Gasteiger partial charge in [0.05, 0.1) is 12.2 Å². The summed E-state index contributed by atoms with van der Waals surface area (Å²) >= 11 is 0. The zero-order valence-corrected chi connectivity index (χ0v) is 21.0. The second-order valence-corrected chi connectivity index (χ2v) is 12.5. The van der Waals surface area contributed by atoms with Crippen LogP contribution in [0.2, 0.25) is 0 Å². The van der Waals surface area contributed by atoms with Crippen LogP contribution >= 0.6 is 0 Å². The van der Waals surface area contributed by atoms with Crippen molar-refractivity contribution in [1.82, 2.24) is 4.98 Å². The van der Waals surface area contributed by atoms with Gasteiger partial charge in [-0.3, -0.25) is 4.98 Å². The van der Waals surface area contributed by atoms with Crippen LogP contribution in [0.25, 0.3) is 10.8 Å². The molecule has 0 saturated heterocycles. The Morgan fingerprint density at radius 3 is 2.70 bits per heavy atom. The third-order valence-electron chi connectivity index (χ3n) is 10.6. The van der Waals surface area contributed by atoms with Gasteiger partial charge in [0.2, 0.25) is 0 Å². The maximum absolute atomic E-state index is 6.26. The molecule has 6 rings (SSSR count). The molecule has 2 aromatic rings. The summed E-state index contributed by atoms with van der Waals surface area (Å²) < 4.78 is 6.26. The van der Waals surface area contributed by atoms with Gasteiger partial charge in [0, 0.05) is 17.8 Å². The summed E-state index contributed by atoms with van der Waals surface area (Å²) in [7, 11) is 0. The maximum Gasteiger partial charge on any atom is 0.0616 e. The van der Waals surface area contributed by atoms with E-state index in [1.54, 1.807) is 11.1 Å². The van der Waals surface area contributed by atoms with Crippen molar-refractivity contribution in [2.45, 2.75) is 97.2 Å². The highest BCUT2D eigenvalue weighted by Crippen LogP contribution is 2.68. The van der Waals surface area contributed by atoms with Gasteiger partial charge in [0.1, 0.15) is 0 Å². The van der Waals surface area contributed by atoms with Crippen LogP contribution in [-0.2, 0) is 4.74 Å². The third kappa shape index (κ3) is 3.42. The molecular formula is C31H41NO. The summed E-state index contributed by atoms with van der Waals surface area (Å²) in [6, 6.07) is 9.36. The minimum absolute atomic E-state index is 0.341. The van der Waals surface area contributed by atoms with Crippen LogP contribution in [0.5, 0.6) is 0 Å². The Morgan fingerprint density at radius 1 is 0.970 bits per heavy atom. The number of hydrogen-bond acceptors (Lipinski definition) is 2. The Bertz CT molecular complexity index is 1070. The highest BCUT2D eigenvalue weighted by atomic mass is 16.5. The summed E-state index contributed by atoms with van der Waals surface area (Å²) in [4.78, 5) is 4.31. The molecule has 1 aromatic heterocycles. The lowest BCUT2D eigenvalue weighted by Crippen LogP contribution is -2.50. The van der Waals surface area contributed by atoms with Crippen LogP contribution in [0.15, 0.2) is 48.3 Å². The molecule has 0 unspecified atom stereocenters. The Balaban J connectivity index is 1.27. The smallest absolute Gasteiger partial charge is 0.0616 e. The number of allylic oxidation sites excluding steroid dienone is 1. The Labute approximate surface area is 200 Å². The van der Waals surface area contributed by atoms with Gasteiger partial charge in [-0.15, -0.1) is 0 Å². The molecule has 0 radical (unpaired) electrons. The van der Waals surface area contributed by atoms with Crippen molar-refractivity contribution in [3.63, 3.8) is 0 Å². The first-order valence-electron chi connectivity index (χ1n) is 13.6. The van der Waals surface area contributed by atoms with E-state index in [1.165, 1.54) is 62.1 Å². The van der Waals surface area contributed by atoms with Crippen LogP contribution in [0.4, 0.5) is 0 Å². The van der Waals surface area contributed by atoms with E-state index in [4.69, 9.17) is 4.74 Å². The minimum atomic E-state index is 0.341. The highest BCUT2D eigenvalue weighted by Gasteiger charge is 2.58. The normalized spacial score (nSPS) is 40.3. The summed E-state index contributed by atoms with van der Waals surface area (Å²) in [6.45, 7) is 9.64. The van der Waals surface area contributed by atoms with E-state index >= 15 is 0 Å². The second-order valence-electron chi connectivity index (χ2n) is 12.5. The number of ether oxygens (including phenoxy) is 1. The fraction of sp³-hybridized carbons (Fsp3) is 0.645. The van der Waals surface area contributed by atoms with Gasteiger partial charge in [0.15, 0.2) is 0 Å². The van der Waals surface area contributed by atoms with E-state index in [-0.39, 0.29) is 0 Å². The Morgan fingerprint density at radius 2 is 1.85 bits per heavy atom. The quantitative estimate of drug-likeness (QED) is 0.447. The fourth-order valence-corrected chi connectivity index (χ4v) is 8.99. The number of nitrogens with zero attached hydrogens (tertiary/aromatic N) is 1. The lowest BCUT2D eigenvalue weighted by Gasteiger charge is -2.58. The van der Waals surface area contributed by atoms with Gasteiger partial charge in [-0.1, -0.05) is 43.7 Å². The van der Waals surface area contributed by atoms with Crippen molar-refractivity contribution < 1.29 is 4.74 Å². The van der Waals surface area contributed by atoms with E-state index in [0.29, 0.717) is 29.0 Å². The molecule has 7 atom stereocenters. The van der Waals surface area contributed by atoms with Crippen molar-refractivity contribution in [2.24, 2.45) is 28.6 Å². The Hall–Kier alpha value is -1.67. The molecule has 2 nitrogen and oxygen atoms in total. The first kappa shape index (κ1) is 21.8. The van der Waals surface area contributed by atoms with Gasteiger partial charge < -0.3 is 4.74 Å². The summed E-state index contributed by atoms with van der Waals surface area (Å²) in [5, 5.41) is 2.61. The van der Waals surface area contributed by atoms with Gasteiger partial charge in [-0.2, -0.15) is 0 Å². The minimum Gasteiger partial charge on any atom is -0.375 e. The van der Waals surface area contributed by atoms with Crippen molar-refractivity contribution in [3.8, 4) is 0 Å². The van der Waals surface area contributed by atoms with E-state index in [9.17, 15) is 0 Å². The predicted molar refractivity (Wildman–Crippen MR) is 136 cm³/mol. The van der Waals surface area contributed by atoms with E-state index in [2.05, 4.69) is 63.0 Å². The second kappa shape index (κ2) is 7.94. The summed E-state index contributed by atoms with van der Waals surface area (Å²) in [6.07, 6.45) is 18.0. The van der Waals surface area contributed by atoms with E-state index < -0.39 is 0 Å². The van der Waals surface area contributed by atoms with Gasteiger partial charge in [-0.25, -0.2) is 0 Å². The number of fused-ring (bicyclic) bond motifs is 6. The molecule has 0 aliphatic heterocycles. The maximum atomic E-state index is 6.26. The van der Waals surface area contributed by atoms with Crippen LogP contribution in [0.1, 0.15) is 90.5 Å². The number of aromatic nitrogens is 1. The fourth-order valence-electron chi connectivity index (χ4n) is 8.99. The number of hydrogen-bond donors (Lipinski definition) is 0. The molecule has 4 aliphatic carbocycles. The van der Waals surface area contributed by atoms with Crippen molar-refractivity contribution in [1.29, 1.82) is 0 Å². The van der Waals surface area contributed by atoms with Crippen LogP contribution < -0.4 is 0 Å². The largest absolute Gasteiger partial charge is 0.375 e. The first-order chi connectivity index (χ1) is 15.9. The van der Waals surface area contributed by atoms with Crippen molar-refractivity contribution >= 4 is 10.8 Å². The van der Waals surface area contributed by atoms with Gasteiger partial charge in [0.25, 0.3) is 0 Å². The number of rotatable bonds is 3. The van der Waals surface area contributed by atoms with E-state index in [0.717, 1.165) is 17.8 Å². The topological polar surface area (TPSA) is 22.1 Å². The molecule has 4 aliphatic rings. The standard InChI is InChI=1S/C31H41NO/c1-20(2)33-25-11-14-30(3)24(18-25)7-8-26-28-10-9-27(31(28,4)15-12-29(26)30)22-5-6-23-19-32-16-13-21(23)17-22/h5-7,13,16-17,19-20,25-29H,8-12,14-15,18H2,1-4H3/t25-,26-,27+,28-,29-,30-,31+/m0/s1. The average Bonchev–Trinajstić information content (AvgIpc) is 3.16. The SMILES string of the molecule is CC(C)O[C@H]1CC[C@@]2(C)C(=CC[C@H]3[C@@H]4CC[C@H](c5ccc6cnccc6c5)[C@@]4(C)CC[C@@H]32)C1. The highest BCUT2D eigenvalue weighted by molar-refractivity contribution is 5.82. The van der Waals surface area contributed by atoms with Crippen molar-refractivity contribution in [2.75, 3.05) is 0 Å². The van der Waals surface area contributed by atoms with E-state index in [1.807, 2.05) is 12.4 Å². The molecule has 1 heterocycles. The van der Waals surface area contributed by atoms with Gasteiger partial charge in [-0.05, 0) is 117 Å². The summed E-state index contributed by atoms with van der Waals surface area (Å²) in [5.41, 5.74) is 4.17. The first-order valence-corrected chi connectivity index (χ1v) is 13.6. The van der Waals surface area contributed by atoms with Crippen LogP contribution in [-0.4, -0.2) is 17.2 Å². The molecule has 0 spiro atoms. The van der Waals surface area contributed by atoms with Crippen LogP contribution in [0.3, 0.4) is 0 Å². The van der Waals surface area contributed by atoms with Crippen molar-refractivity contribution in [3.05, 3.63) is 53.9 Å².